The van der Waals surface area contributed by atoms with E-state index in [1.165, 1.54) is 0 Å². The van der Waals surface area contributed by atoms with Crippen LogP contribution in [0, 0.1) is 29.9 Å². The highest BCUT2D eigenvalue weighted by atomic mass is 16.6. The monoisotopic (exact) mass is 321 g/mol. The molecular weight excluding hydrogens is 302 g/mol. The zero-order valence-electron chi connectivity index (χ0n) is 13.7. The van der Waals surface area contributed by atoms with Gasteiger partial charge in [0.05, 0.1) is 16.7 Å². The van der Waals surface area contributed by atoms with Crippen molar-refractivity contribution >= 4 is 11.4 Å². The highest BCUT2D eigenvalue weighted by Gasteiger charge is 2.42. The molecule has 3 atom stereocenters. The van der Waals surface area contributed by atoms with Gasteiger partial charge in [0, 0.05) is 18.2 Å². The van der Waals surface area contributed by atoms with Crippen LogP contribution < -0.4 is 5.32 Å². The van der Waals surface area contributed by atoms with Gasteiger partial charge in [-0.25, -0.2) is 0 Å². The van der Waals surface area contributed by atoms with Crippen molar-refractivity contribution in [3.63, 3.8) is 0 Å². The molecule has 5 nitrogen and oxygen atoms in total. The lowest BCUT2D eigenvalue weighted by atomic mass is 9.75. The zero-order chi connectivity index (χ0) is 16.8. The summed E-state index contributed by atoms with van der Waals surface area (Å²) in [5.74, 6) is 0.541. The number of nitrogens with zero attached hydrogens (tertiary/aromatic N) is 2. The molecule has 2 aromatic rings. The predicted octanol–water partition coefficient (Wildman–Crippen LogP) is 4.43. The molecule has 0 radical (unpaired) electrons. The first-order chi connectivity index (χ1) is 11.6. The van der Waals surface area contributed by atoms with Crippen LogP contribution in [0.2, 0.25) is 0 Å². The number of aryl methyl sites for hydroxylation is 1. The third-order valence-corrected chi connectivity index (χ3v) is 5.35. The number of pyridine rings is 1. The Kier molecular flexibility index (Phi) is 3.37. The van der Waals surface area contributed by atoms with Crippen molar-refractivity contribution in [1.82, 2.24) is 4.98 Å². The van der Waals surface area contributed by atoms with Gasteiger partial charge in [0.2, 0.25) is 0 Å². The van der Waals surface area contributed by atoms with Crippen molar-refractivity contribution in [1.29, 1.82) is 0 Å². The van der Waals surface area contributed by atoms with E-state index in [1.54, 1.807) is 12.3 Å². The summed E-state index contributed by atoms with van der Waals surface area (Å²) in [4.78, 5) is 15.8. The molecule has 2 heterocycles. The maximum absolute atomic E-state index is 11.6. The Balaban J connectivity index is 1.92. The molecule has 4 rings (SSSR count). The molecule has 0 bridgehead atoms. The lowest BCUT2D eigenvalue weighted by Gasteiger charge is -2.37. The van der Waals surface area contributed by atoms with E-state index < -0.39 is 0 Å². The summed E-state index contributed by atoms with van der Waals surface area (Å²) in [5, 5.41) is 15.1. The molecule has 0 saturated carbocycles. The van der Waals surface area contributed by atoms with E-state index in [1.807, 2.05) is 25.1 Å². The third kappa shape index (κ3) is 2.12. The number of rotatable bonds is 2. The first-order valence-corrected chi connectivity index (χ1v) is 8.20. The van der Waals surface area contributed by atoms with Crippen molar-refractivity contribution in [2.75, 3.05) is 5.32 Å². The molecule has 1 aliphatic heterocycles. The number of allylic oxidation sites excluding steroid dienone is 2. The van der Waals surface area contributed by atoms with Gasteiger partial charge in [-0.1, -0.05) is 18.2 Å². The van der Waals surface area contributed by atoms with E-state index in [0.717, 1.165) is 28.8 Å². The second-order valence-corrected chi connectivity index (χ2v) is 6.61. The number of nitrogens with one attached hydrogen (secondary N) is 1. The molecule has 0 unspecified atom stereocenters. The van der Waals surface area contributed by atoms with Crippen molar-refractivity contribution in [3.05, 3.63) is 75.1 Å². The minimum Gasteiger partial charge on any atom is -0.371 e. The molecule has 1 N–H and O–H groups in total. The van der Waals surface area contributed by atoms with Crippen LogP contribution in [-0.4, -0.2) is 9.91 Å². The summed E-state index contributed by atoms with van der Waals surface area (Å²) < 4.78 is 0. The van der Waals surface area contributed by atoms with Crippen LogP contribution in [0.3, 0.4) is 0 Å². The van der Waals surface area contributed by atoms with E-state index in [2.05, 4.69) is 29.4 Å². The summed E-state index contributed by atoms with van der Waals surface area (Å²) >= 11 is 0. The summed E-state index contributed by atoms with van der Waals surface area (Å²) in [6, 6.07) is 7.51. The van der Waals surface area contributed by atoms with Crippen molar-refractivity contribution in [2.24, 2.45) is 5.92 Å². The number of hydrogen-bond donors (Lipinski definition) is 1. The average molecular weight is 321 g/mol. The van der Waals surface area contributed by atoms with E-state index in [0.29, 0.717) is 11.6 Å². The van der Waals surface area contributed by atoms with Gasteiger partial charge in [-0.05, 0) is 55.0 Å². The van der Waals surface area contributed by atoms with E-state index in [9.17, 15) is 10.1 Å². The molecule has 2 aliphatic rings. The Labute approximate surface area is 140 Å². The van der Waals surface area contributed by atoms with Crippen molar-refractivity contribution < 1.29 is 4.92 Å². The second-order valence-electron chi connectivity index (χ2n) is 6.61. The minimum absolute atomic E-state index is 0.0143. The van der Waals surface area contributed by atoms with Gasteiger partial charge in [-0.15, -0.1) is 0 Å². The Morgan fingerprint density at radius 2 is 2.17 bits per heavy atom. The van der Waals surface area contributed by atoms with Crippen LogP contribution in [0.5, 0.6) is 0 Å². The second kappa shape index (κ2) is 5.44. The smallest absolute Gasteiger partial charge is 0.292 e. The Morgan fingerprint density at radius 3 is 2.88 bits per heavy atom. The van der Waals surface area contributed by atoms with Crippen LogP contribution >= 0.6 is 0 Å². The van der Waals surface area contributed by atoms with Gasteiger partial charge < -0.3 is 5.32 Å². The number of benzene rings is 1. The molecule has 0 fully saturated rings. The summed E-state index contributed by atoms with van der Waals surface area (Å²) in [7, 11) is 0. The van der Waals surface area contributed by atoms with Crippen LogP contribution in [0.4, 0.5) is 11.4 Å². The first kappa shape index (κ1) is 14.9. The van der Waals surface area contributed by atoms with Crippen LogP contribution in [0.1, 0.15) is 40.8 Å². The normalized spacial score (nSPS) is 24.2. The van der Waals surface area contributed by atoms with Gasteiger partial charge >= 0.3 is 0 Å². The van der Waals surface area contributed by atoms with Crippen molar-refractivity contribution in [2.45, 2.75) is 32.2 Å². The minimum atomic E-state index is -0.285. The zero-order valence-corrected chi connectivity index (χ0v) is 13.7. The van der Waals surface area contributed by atoms with Gasteiger partial charge in [0.15, 0.2) is 0 Å². The summed E-state index contributed by atoms with van der Waals surface area (Å²) in [6.07, 6.45) is 7.13. The lowest BCUT2D eigenvalue weighted by Crippen LogP contribution is -2.31. The molecule has 122 valence electrons. The van der Waals surface area contributed by atoms with Crippen LogP contribution in [-0.2, 0) is 0 Å². The fourth-order valence-corrected chi connectivity index (χ4v) is 4.08. The van der Waals surface area contributed by atoms with E-state index in [-0.39, 0.29) is 22.6 Å². The standard InChI is InChI=1S/C19H19N3O2/c1-11-10-16(22(23)24)19-17(12(11)2)13-6-5-7-14(13)18(21-19)15-8-3-4-9-20-15/h3-6,8-10,13-14,18,21H,7H2,1-2H3/t13-,14+,18+/m0/s1. The number of hydrogen-bond acceptors (Lipinski definition) is 4. The lowest BCUT2D eigenvalue weighted by molar-refractivity contribution is -0.384. The number of anilines is 1. The maximum Gasteiger partial charge on any atom is 0.292 e. The van der Waals surface area contributed by atoms with Gasteiger partial charge in [-0.3, -0.25) is 15.1 Å². The number of nitro groups is 1. The Bertz CT molecular complexity index is 845. The van der Waals surface area contributed by atoms with Gasteiger partial charge in [0.25, 0.3) is 5.69 Å². The molecule has 0 spiro atoms. The highest BCUT2D eigenvalue weighted by Crippen LogP contribution is 2.53. The average Bonchev–Trinajstić information content (AvgIpc) is 3.07. The largest absolute Gasteiger partial charge is 0.371 e. The molecular formula is C19H19N3O2. The van der Waals surface area contributed by atoms with Gasteiger partial charge in [-0.2, -0.15) is 0 Å². The first-order valence-electron chi connectivity index (χ1n) is 8.20. The maximum atomic E-state index is 11.6. The van der Waals surface area contributed by atoms with Crippen LogP contribution in [0.25, 0.3) is 0 Å². The summed E-state index contributed by atoms with van der Waals surface area (Å²) in [5.41, 5.74) is 4.95. The highest BCUT2D eigenvalue weighted by molar-refractivity contribution is 5.74. The van der Waals surface area contributed by atoms with E-state index >= 15 is 0 Å². The predicted molar refractivity (Wildman–Crippen MR) is 93.2 cm³/mol. The molecule has 0 saturated heterocycles. The topological polar surface area (TPSA) is 68.1 Å². The molecule has 1 aromatic carbocycles. The fourth-order valence-electron chi connectivity index (χ4n) is 4.08. The molecule has 24 heavy (non-hydrogen) atoms. The molecule has 0 amide bonds. The van der Waals surface area contributed by atoms with E-state index in [4.69, 9.17) is 0 Å². The summed E-state index contributed by atoms with van der Waals surface area (Å²) in [6.45, 7) is 4.00. The fraction of sp³-hybridized carbons (Fsp3) is 0.316. The van der Waals surface area contributed by atoms with Gasteiger partial charge in [0.1, 0.15) is 5.69 Å². The number of aromatic nitrogens is 1. The Hall–Kier alpha value is -2.69. The number of nitro benzene ring substituents is 1. The Morgan fingerprint density at radius 1 is 1.33 bits per heavy atom. The molecule has 1 aliphatic carbocycles. The van der Waals surface area contributed by atoms with Crippen molar-refractivity contribution in [3.8, 4) is 0 Å². The number of fused-ring (bicyclic) bond motifs is 3. The quantitative estimate of drug-likeness (QED) is 0.504. The SMILES string of the molecule is Cc1cc([N+](=O)[O-])c2c(c1C)[C@H]1C=CC[C@H]1[C@H](c1ccccn1)N2. The van der Waals surface area contributed by atoms with Crippen LogP contribution in [0.15, 0.2) is 42.6 Å². The molecule has 5 heteroatoms. The molecule has 1 aromatic heterocycles. The third-order valence-electron chi connectivity index (χ3n) is 5.35.